The standard InChI is InChI=1S/C13H17ClN2O4/c1-4-15(7-9(3)13(17)18)11-6-10(14)12(16(19)20)5-8(11)2/h5-6,9H,4,7H2,1-3H3,(H,17,18). The zero-order chi connectivity index (χ0) is 15.4. The van der Waals surface area contributed by atoms with Gasteiger partial charge in [0.05, 0.1) is 10.8 Å². The number of carboxylic acid groups (broad SMARTS) is 1. The first kappa shape index (κ1) is 16.2. The fourth-order valence-electron chi connectivity index (χ4n) is 1.94. The Morgan fingerprint density at radius 1 is 1.55 bits per heavy atom. The van der Waals surface area contributed by atoms with E-state index in [2.05, 4.69) is 0 Å². The Morgan fingerprint density at radius 2 is 2.15 bits per heavy atom. The van der Waals surface area contributed by atoms with Crippen LogP contribution >= 0.6 is 11.6 Å². The molecule has 0 bridgehead atoms. The molecule has 20 heavy (non-hydrogen) atoms. The van der Waals surface area contributed by atoms with Gasteiger partial charge >= 0.3 is 5.97 Å². The SMILES string of the molecule is CCN(CC(C)C(=O)O)c1cc(Cl)c([N+](=O)[O-])cc1C. The number of anilines is 1. The average molecular weight is 301 g/mol. The number of hydrogen-bond donors (Lipinski definition) is 1. The van der Waals surface area contributed by atoms with Crippen LogP contribution < -0.4 is 4.90 Å². The largest absolute Gasteiger partial charge is 0.481 e. The third-order valence-corrected chi connectivity index (χ3v) is 3.40. The Labute approximate surface area is 122 Å². The van der Waals surface area contributed by atoms with Gasteiger partial charge < -0.3 is 10.0 Å². The zero-order valence-electron chi connectivity index (χ0n) is 11.6. The molecule has 1 aromatic carbocycles. The van der Waals surface area contributed by atoms with Crippen molar-refractivity contribution in [3.8, 4) is 0 Å². The molecule has 0 heterocycles. The third kappa shape index (κ3) is 3.60. The van der Waals surface area contributed by atoms with E-state index in [-0.39, 0.29) is 10.7 Å². The van der Waals surface area contributed by atoms with Crippen molar-refractivity contribution >= 4 is 28.9 Å². The van der Waals surface area contributed by atoms with Crippen LogP contribution in [0.1, 0.15) is 19.4 Å². The molecule has 1 atom stereocenters. The Kier molecular flexibility index (Phi) is 5.33. The number of carbonyl (C=O) groups is 1. The highest BCUT2D eigenvalue weighted by atomic mass is 35.5. The van der Waals surface area contributed by atoms with Crippen molar-refractivity contribution in [2.45, 2.75) is 20.8 Å². The minimum atomic E-state index is -0.880. The number of benzene rings is 1. The highest BCUT2D eigenvalue weighted by Crippen LogP contribution is 2.32. The topological polar surface area (TPSA) is 83.7 Å². The Hall–Kier alpha value is -1.82. The first-order valence-electron chi connectivity index (χ1n) is 6.20. The fraction of sp³-hybridized carbons (Fsp3) is 0.462. The zero-order valence-corrected chi connectivity index (χ0v) is 12.3. The second kappa shape index (κ2) is 6.56. The van der Waals surface area contributed by atoms with E-state index >= 15 is 0 Å². The molecular weight excluding hydrogens is 284 g/mol. The smallest absolute Gasteiger partial charge is 0.308 e. The van der Waals surface area contributed by atoms with Crippen molar-refractivity contribution in [2.75, 3.05) is 18.0 Å². The summed E-state index contributed by atoms with van der Waals surface area (Å²) in [5, 5.41) is 19.8. The van der Waals surface area contributed by atoms with Crippen molar-refractivity contribution in [1.29, 1.82) is 0 Å². The lowest BCUT2D eigenvalue weighted by Crippen LogP contribution is -2.32. The van der Waals surface area contributed by atoms with Gasteiger partial charge in [0.2, 0.25) is 0 Å². The van der Waals surface area contributed by atoms with Gasteiger partial charge in [0.15, 0.2) is 0 Å². The molecule has 1 unspecified atom stereocenters. The maximum Gasteiger partial charge on any atom is 0.308 e. The number of aliphatic carboxylic acids is 1. The van der Waals surface area contributed by atoms with Crippen LogP contribution in [0.15, 0.2) is 12.1 Å². The monoisotopic (exact) mass is 300 g/mol. The summed E-state index contributed by atoms with van der Waals surface area (Å²) in [5.41, 5.74) is 1.27. The summed E-state index contributed by atoms with van der Waals surface area (Å²) in [6.45, 7) is 6.16. The molecule has 0 saturated heterocycles. The number of hydrogen-bond acceptors (Lipinski definition) is 4. The lowest BCUT2D eigenvalue weighted by molar-refractivity contribution is -0.384. The van der Waals surface area contributed by atoms with Gasteiger partial charge in [0.1, 0.15) is 5.02 Å². The Balaban J connectivity index is 3.13. The van der Waals surface area contributed by atoms with Gasteiger partial charge in [0.25, 0.3) is 5.69 Å². The molecule has 0 aromatic heterocycles. The number of aryl methyl sites for hydroxylation is 1. The molecule has 1 rings (SSSR count). The van der Waals surface area contributed by atoms with Gasteiger partial charge in [0, 0.05) is 24.8 Å². The molecule has 0 saturated carbocycles. The number of nitro benzene ring substituents is 1. The average Bonchev–Trinajstić information content (AvgIpc) is 2.37. The van der Waals surface area contributed by atoms with Gasteiger partial charge in [-0.3, -0.25) is 14.9 Å². The summed E-state index contributed by atoms with van der Waals surface area (Å²) in [5.74, 6) is -1.42. The lowest BCUT2D eigenvalue weighted by atomic mass is 10.1. The van der Waals surface area contributed by atoms with Crippen molar-refractivity contribution < 1.29 is 14.8 Å². The molecule has 0 aliphatic heterocycles. The van der Waals surface area contributed by atoms with E-state index in [4.69, 9.17) is 16.7 Å². The summed E-state index contributed by atoms with van der Waals surface area (Å²) >= 11 is 5.91. The van der Waals surface area contributed by atoms with Gasteiger partial charge in [-0.1, -0.05) is 18.5 Å². The van der Waals surface area contributed by atoms with Gasteiger partial charge in [-0.15, -0.1) is 0 Å². The van der Waals surface area contributed by atoms with Crippen LogP contribution in [-0.2, 0) is 4.79 Å². The summed E-state index contributed by atoms with van der Waals surface area (Å²) < 4.78 is 0. The number of nitrogens with zero attached hydrogens (tertiary/aromatic N) is 2. The summed E-state index contributed by atoms with van der Waals surface area (Å²) in [4.78, 5) is 23.1. The van der Waals surface area contributed by atoms with Crippen LogP contribution in [0, 0.1) is 23.0 Å². The van der Waals surface area contributed by atoms with E-state index < -0.39 is 16.8 Å². The van der Waals surface area contributed by atoms with Crippen LogP contribution in [0.5, 0.6) is 0 Å². The molecule has 0 aliphatic rings. The van der Waals surface area contributed by atoms with Crippen LogP contribution in [-0.4, -0.2) is 29.1 Å². The molecule has 0 radical (unpaired) electrons. The predicted molar refractivity (Wildman–Crippen MR) is 77.5 cm³/mol. The fourth-order valence-corrected chi connectivity index (χ4v) is 2.17. The van der Waals surface area contributed by atoms with E-state index in [1.165, 1.54) is 12.1 Å². The van der Waals surface area contributed by atoms with E-state index in [1.54, 1.807) is 13.8 Å². The molecular formula is C13H17ClN2O4. The van der Waals surface area contributed by atoms with Gasteiger partial charge in [-0.05, 0) is 25.5 Å². The number of nitro groups is 1. The maximum atomic E-state index is 10.9. The highest BCUT2D eigenvalue weighted by molar-refractivity contribution is 6.33. The highest BCUT2D eigenvalue weighted by Gasteiger charge is 2.20. The maximum absolute atomic E-state index is 10.9. The minimum absolute atomic E-state index is 0.0528. The quantitative estimate of drug-likeness (QED) is 0.644. The number of carboxylic acids is 1. The molecule has 6 nitrogen and oxygen atoms in total. The first-order valence-corrected chi connectivity index (χ1v) is 6.58. The first-order chi connectivity index (χ1) is 9.27. The van der Waals surface area contributed by atoms with Crippen molar-refractivity contribution in [3.05, 3.63) is 32.8 Å². The Morgan fingerprint density at radius 3 is 2.60 bits per heavy atom. The summed E-state index contributed by atoms with van der Waals surface area (Å²) in [7, 11) is 0. The molecule has 0 aliphatic carbocycles. The van der Waals surface area contributed by atoms with E-state index in [0.29, 0.717) is 18.7 Å². The van der Waals surface area contributed by atoms with E-state index in [0.717, 1.165) is 5.69 Å². The summed E-state index contributed by atoms with van der Waals surface area (Å²) in [6, 6.07) is 2.93. The molecule has 110 valence electrons. The van der Waals surface area contributed by atoms with Gasteiger partial charge in [-0.2, -0.15) is 0 Å². The molecule has 0 spiro atoms. The molecule has 1 N–H and O–H groups in total. The lowest BCUT2D eigenvalue weighted by Gasteiger charge is -2.26. The van der Waals surface area contributed by atoms with Gasteiger partial charge in [-0.25, -0.2) is 0 Å². The molecule has 1 aromatic rings. The van der Waals surface area contributed by atoms with Crippen LogP contribution in [0.3, 0.4) is 0 Å². The summed E-state index contributed by atoms with van der Waals surface area (Å²) in [6.07, 6.45) is 0. The molecule has 0 fully saturated rings. The molecule has 0 amide bonds. The van der Waals surface area contributed by atoms with Crippen LogP contribution in [0.4, 0.5) is 11.4 Å². The van der Waals surface area contributed by atoms with Crippen molar-refractivity contribution in [1.82, 2.24) is 0 Å². The minimum Gasteiger partial charge on any atom is -0.481 e. The molecule has 7 heteroatoms. The second-order valence-corrected chi connectivity index (χ2v) is 5.03. The third-order valence-electron chi connectivity index (χ3n) is 3.10. The van der Waals surface area contributed by atoms with Crippen LogP contribution in [0.25, 0.3) is 0 Å². The second-order valence-electron chi connectivity index (χ2n) is 4.63. The van der Waals surface area contributed by atoms with Crippen molar-refractivity contribution in [3.63, 3.8) is 0 Å². The predicted octanol–water partition coefficient (Wildman–Crippen LogP) is 3.10. The van der Waals surface area contributed by atoms with E-state index in [9.17, 15) is 14.9 Å². The van der Waals surface area contributed by atoms with Crippen LogP contribution in [0.2, 0.25) is 5.02 Å². The van der Waals surface area contributed by atoms with Crippen molar-refractivity contribution in [2.24, 2.45) is 5.92 Å². The van der Waals surface area contributed by atoms with E-state index in [1.807, 2.05) is 11.8 Å². The normalized spacial score (nSPS) is 12.0. The number of halogens is 1. The Bertz CT molecular complexity index is 533. The number of rotatable bonds is 6.